The molecule has 1 aromatic rings. The molecule has 1 fully saturated rings. The molecule has 0 amide bonds. The average molecular weight is 239 g/mol. The van der Waals surface area contributed by atoms with Crippen molar-refractivity contribution in [3.05, 3.63) is 35.4 Å². The summed E-state index contributed by atoms with van der Waals surface area (Å²) in [5.74, 6) is 0.129. The Kier molecular flexibility index (Phi) is 4.11. The Labute approximate surface area is 101 Å². The normalized spacial score (nSPS) is 17.1. The van der Waals surface area contributed by atoms with E-state index in [9.17, 15) is 8.78 Å². The molecule has 94 valence electrons. The quantitative estimate of drug-likeness (QED) is 0.803. The van der Waals surface area contributed by atoms with Crippen LogP contribution in [0.4, 0.5) is 8.78 Å². The van der Waals surface area contributed by atoms with E-state index in [1.54, 1.807) is 0 Å². The predicted molar refractivity (Wildman–Crippen MR) is 64.9 cm³/mol. The van der Waals surface area contributed by atoms with Crippen molar-refractivity contribution in [2.75, 3.05) is 6.54 Å². The number of likely N-dealkylation sites (N-methyl/N-ethyl adjacent to an activating group) is 1. The molecule has 1 nitrogen and oxygen atoms in total. The van der Waals surface area contributed by atoms with Gasteiger partial charge in [0.15, 0.2) is 0 Å². The van der Waals surface area contributed by atoms with Crippen LogP contribution in [0.2, 0.25) is 0 Å². The van der Waals surface area contributed by atoms with Gasteiger partial charge in [0.25, 0.3) is 0 Å². The summed E-state index contributed by atoms with van der Waals surface area (Å²) < 4.78 is 26.6. The predicted octanol–water partition coefficient (Wildman–Crippen LogP) is 3.29. The van der Waals surface area contributed by atoms with Gasteiger partial charge < -0.3 is 5.32 Å². The van der Waals surface area contributed by atoms with Crippen LogP contribution in [0, 0.1) is 17.6 Å². The number of halogens is 2. The molecule has 0 spiro atoms. The number of hydrogen-bond acceptors (Lipinski definition) is 1. The molecular formula is C14H19F2N. The highest BCUT2D eigenvalue weighted by molar-refractivity contribution is 5.20. The van der Waals surface area contributed by atoms with E-state index in [0.717, 1.165) is 18.9 Å². The second kappa shape index (κ2) is 5.58. The fourth-order valence-electron chi connectivity index (χ4n) is 2.25. The molecular weight excluding hydrogens is 220 g/mol. The summed E-state index contributed by atoms with van der Waals surface area (Å²) in [6.45, 7) is 2.91. The van der Waals surface area contributed by atoms with Crippen molar-refractivity contribution < 1.29 is 8.78 Å². The Morgan fingerprint density at radius 2 is 2.12 bits per heavy atom. The zero-order valence-corrected chi connectivity index (χ0v) is 10.2. The van der Waals surface area contributed by atoms with Gasteiger partial charge in [-0.05, 0) is 49.1 Å². The SMILES string of the molecule is CCNC(Cc1cc(F)ccc1F)CC1CC1. The first-order valence-corrected chi connectivity index (χ1v) is 6.36. The fourth-order valence-corrected chi connectivity index (χ4v) is 2.25. The third-order valence-electron chi connectivity index (χ3n) is 3.28. The van der Waals surface area contributed by atoms with Crippen LogP contribution in [0.25, 0.3) is 0 Å². The summed E-state index contributed by atoms with van der Waals surface area (Å²) >= 11 is 0. The summed E-state index contributed by atoms with van der Waals surface area (Å²) in [6, 6.07) is 3.96. The van der Waals surface area contributed by atoms with Crippen LogP contribution < -0.4 is 5.32 Å². The smallest absolute Gasteiger partial charge is 0.126 e. The summed E-state index contributed by atoms with van der Waals surface area (Å²) in [4.78, 5) is 0. The summed E-state index contributed by atoms with van der Waals surface area (Å²) in [7, 11) is 0. The molecule has 1 aliphatic rings. The second-order valence-electron chi connectivity index (χ2n) is 4.87. The zero-order chi connectivity index (χ0) is 12.3. The largest absolute Gasteiger partial charge is 0.314 e. The summed E-state index contributed by atoms with van der Waals surface area (Å²) in [5.41, 5.74) is 0.483. The van der Waals surface area contributed by atoms with Gasteiger partial charge in [-0.25, -0.2) is 8.78 Å². The van der Waals surface area contributed by atoms with Crippen LogP contribution in [0.3, 0.4) is 0 Å². The summed E-state index contributed by atoms with van der Waals surface area (Å²) in [5, 5.41) is 3.36. The van der Waals surface area contributed by atoms with Gasteiger partial charge in [-0.3, -0.25) is 0 Å². The van der Waals surface area contributed by atoms with Gasteiger partial charge in [0, 0.05) is 6.04 Å². The topological polar surface area (TPSA) is 12.0 Å². The maximum Gasteiger partial charge on any atom is 0.126 e. The van der Waals surface area contributed by atoms with Gasteiger partial charge in [-0.1, -0.05) is 19.8 Å². The number of nitrogens with one attached hydrogen (secondary N) is 1. The van der Waals surface area contributed by atoms with E-state index in [2.05, 4.69) is 5.32 Å². The molecule has 0 radical (unpaired) electrons. The lowest BCUT2D eigenvalue weighted by Crippen LogP contribution is -2.31. The number of rotatable bonds is 6. The van der Waals surface area contributed by atoms with Gasteiger partial charge in [0.2, 0.25) is 0 Å². The van der Waals surface area contributed by atoms with Crippen molar-refractivity contribution >= 4 is 0 Å². The molecule has 17 heavy (non-hydrogen) atoms. The highest BCUT2D eigenvalue weighted by Crippen LogP contribution is 2.34. The molecule has 0 heterocycles. The van der Waals surface area contributed by atoms with Crippen LogP contribution in [0.15, 0.2) is 18.2 Å². The molecule has 1 atom stereocenters. The molecule has 0 aromatic heterocycles. The van der Waals surface area contributed by atoms with Crippen LogP contribution in [-0.4, -0.2) is 12.6 Å². The minimum atomic E-state index is -0.358. The minimum Gasteiger partial charge on any atom is -0.314 e. The molecule has 0 aliphatic heterocycles. The molecule has 1 aliphatic carbocycles. The number of benzene rings is 1. The lowest BCUT2D eigenvalue weighted by molar-refractivity contribution is 0.456. The Bertz CT molecular complexity index is 374. The third kappa shape index (κ3) is 3.77. The molecule has 1 saturated carbocycles. The second-order valence-corrected chi connectivity index (χ2v) is 4.87. The Balaban J connectivity index is 2.01. The highest BCUT2D eigenvalue weighted by atomic mass is 19.1. The standard InChI is InChI=1S/C14H19F2N/c1-2-17-13(7-10-3-4-10)9-11-8-12(15)5-6-14(11)16/h5-6,8,10,13,17H,2-4,7,9H2,1H3. The van der Waals surface area contributed by atoms with Gasteiger partial charge in [-0.15, -0.1) is 0 Å². The minimum absolute atomic E-state index is 0.267. The zero-order valence-electron chi connectivity index (χ0n) is 10.2. The third-order valence-corrected chi connectivity index (χ3v) is 3.28. The molecule has 0 bridgehead atoms. The van der Waals surface area contributed by atoms with E-state index >= 15 is 0 Å². The first kappa shape index (κ1) is 12.5. The van der Waals surface area contributed by atoms with E-state index < -0.39 is 0 Å². The molecule has 1 unspecified atom stereocenters. The van der Waals surface area contributed by atoms with Gasteiger partial charge in [0.05, 0.1) is 0 Å². The lowest BCUT2D eigenvalue weighted by atomic mass is 10.0. The van der Waals surface area contributed by atoms with Crippen molar-refractivity contribution in [1.82, 2.24) is 5.32 Å². The number of hydrogen-bond donors (Lipinski definition) is 1. The maximum atomic E-state index is 13.5. The van der Waals surface area contributed by atoms with E-state index in [1.165, 1.54) is 31.0 Å². The van der Waals surface area contributed by atoms with Crippen LogP contribution >= 0.6 is 0 Å². The van der Waals surface area contributed by atoms with Gasteiger partial charge >= 0.3 is 0 Å². The van der Waals surface area contributed by atoms with E-state index in [-0.39, 0.29) is 17.7 Å². The van der Waals surface area contributed by atoms with E-state index in [1.807, 2.05) is 6.92 Å². The first-order valence-electron chi connectivity index (χ1n) is 6.36. The van der Waals surface area contributed by atoms with Crippen LogP contribution in [0.5, 0.6) is 0 Å². The van der Waals surface area contributed by atoms with E-state index in [0.29, 0.717) is 12.0 Å². The fraction of sp³-hybridized carbons (Fsp3) is 0.571. The van der Waals surface area contributed by atoms with Crippen molar-refractivity contribution in [2.45, 2.75) is 38.6 Å². The Hall–Kier alpha value is -0.960. The Morgan fingerprint density at radius 3 is 2.76 bits per heavy atom. The molecule has 1 aromatic carbocycles. The summed E-state index contributed by atoms with van der Waals surface area (Å²) in [6.07, 6.45) is 4.22. The van der Waals surface area contributed by atoms with Crippen LogP contribution in [-0.2, 0) is 6.42 Å². The molecule has 2 rings (SSSR count). The van der Waals surface area contributed by atoms with Crippen molar-refractivity contribution in [3.8, 4) is 0 Å². The van der Waals surface area contributed by atoms with Crippen LogP contribution in [0.1, 0.15) is 31.7 Å². The van der Waals surface area contributed by atoms with E-state index in [4.69, 9.17) is 0 Å². The van der Waals surface area contributed by atoms with Gasteiger partial charge in [0.1, 0.15) is 11.6 Å². The van der Waals surface area contributed by atoms with Crippen molar-refractivity contribution in [2.24, 2.45) is 5.92 Å². The Morgan fingerprint density at radius 1 is 1.35 bits per heavy atom. The maximum absolute atomic E-state index is 13.5. The molecule has 1 N–H and O–H groups in total. The highest BCUT2D eigenvalue weighted by Gasteiger charge is 2.25. The molecule has 3 heteroatoms. The molecule has 0 saturated heterocycles. The van der Waals surface area contributed by atoms with Crippen molar-refractivity contribution in [1.29, 1.82) is 0 Å². The lowest BCUT2D eigenvalue weighted by Gasteiger charge is -2.18. The van der Waals surface area contributed by atoms with Gasteiger partial charge in [-0.2, -0.15) is 0 Å². The van der Waals surface area contributed by atoms with Crippen molar-refractivity contribution in [3.63, 3.8) is 0 Å². The monoisotopic (exact) mass is 239 g/mol. The average Bonchev–Trinajstić information content (AvgIpc) is 3.08. The first-order chi connectivity index (χ1) is 8.19.